The molecule has 3 unspecified atom stereocenters. The monoisotopic (exact) mass is 200 g/mol. The summed E-state index contributed by atoms with van der Waals surface area (Å²) in [5.41, 5.74) is 0.0587. The van der Waals surface area contributed by atoms with Crippen LogP contribution in [-0.4, -0.2) is 35.7 Å². The molecule has 1 aliphatic rings. The smallest absolute Gasteiger partial charge is 0.307 e. The molecule has 3 N–H and O–H groups in total. The normalized spacial score (nSPS) is 31.4. The molecule has 4 nitrogen and oxygen atoms in total. The maximum atomic E-state index is 10.8. The minimum Gasteiger partial charge on any atom is -0.481 e. The van der Waals surface area contributed by atoms with Crippen LogP contribution in [0.3, 0.4) is 0 Å². The van der Waals surface area contributed by atoms with Crippen molar-refractivity contribution in [1.29, 1.82) is 0 Å². The van der Waals surface area contributed by atoms with Crippen LogP contribution in [0.15, 0.2) is 0 Å². The number of hydrogen-bond acceptors (Lipinski definition) is 3. The summed E-state index contributed by atoms with van der Waals surface area (Å²) in [4.78, 5) is 10.8. The largest absolute Gasteiger partial charge is 0.481 e. The van der Waals surface area contributed by atoms with E-state index in [1.54, 1.807) is 6.92 Å². The summed E-state index contributed by atoms with van der Waals surface area (Å²) >= 11 is 0. The number of aliphatic carboxylic acids is 1. The van der Waals surface area contributed by atoms with Crippen molar-refractivity contribution in [1.82, 2.24) is 10.6 Å². The lowest BCUT2D eigenvalue weighted by Crippen LogP contribution is -2.51. The minimum absolute atomic E-state index is 0.0115. The quantitative estimate of drug-likeness (QED) is 0.616. The third kappa shape index (κ3) is 2.69. The van der Waals surface area contributed by atoms with Crippen molar-refractivity contribution in [3.05, 3.63) is 0 Å². The predicted octanol–water partition coefficient (Wildman–Crippen LogP) is 0.437. The molecule has 0 bridgehead atoms. The van der Waals surface area contributed by atoms with Crippen LogP contribution in [0.25, 0.3) is 0 Å². The van der Waals surface area contributed by atoms with Gasteiger partial charge in [0.15, 0.2) is 0 Å². The number of nitrogens with one attached hydrogen (secondary N) is 2. The van der Waals surface area contributed by atoms with Crippen molar-refractivity contribution < 1.29 is 9.90 Å². The van der Waals surface area contributed by atoms with E-state index in [0.29, 0.717) is 0 Å². The summed E-state index contributed by atoms with van der Waals surface area (Å²) in [7, 11) is 0. The van der Waals surface area contributed by atoms with Gasteiger partial charge >= 0.3 is 5.97 Å². The maximum absolute atomic E-state index is 10.8. The number of hydrogen-bond donors (Lipinski definition) is 3. The molecule has 14 heavy (non-hydrogen) atoms. The van der Waals surface area contributed by atoms with Gasteiger partial charge in [0.1, 0.15) is 0 Å². The van der Waals surface area contributed by atoms with Gasteiger partial charge in [-0.05, 0) is 26.8 Å². The van der Waals surface area contributed by atoms with Crippen molar-refractivity contribution in [2.75, 3.05) is 13.1 Å². The molecule has 0 amide bonds. The molecule has 4 heteroatoms. The highest BCUT2D eigenvalue weighted by Gasteiger charge is 2.32. The molecular formula is C10H20N2O2. The fourth-order valence-electron chi connectivity index (χ4n) is 1.83. The Morgan fingerprint density at radius 2 is 2.21 bits per heavy atom. The molecule has 1 rings (SSSR count). The summed E-state index contributed by atoms with van der Waals surface area (Å²) < 4.78 is 0. The van der Waals surface area contributed by atoms with Gasteiger partial charge in [0.2, 0.25) is 0 Å². The lowest BCUT2D eigenvalue weighted by molar-refractivity contribution is -0.142. The number of rotatable bonds is 4. The second-order valence-electron chi connectivity index (χ2n) is 4.55. The van der Waals surface area contributed by atoms with E-state index in [2.05, 4.69) is 17.6 Å². The fourth-order valence-corrected chi connectivity index (χ4v) is 1.83. The van der Waals surface area contributed by atoms with Gasteiger partial charge in [0.25, 0.3) is 0 Å². The van der Waals surface area contributed by atoms with Crippen LogP contribution in [0.5, 0.6) is 0 Å². The zero-order valence-corrected chi connectivity index (χ0v) is 9.13. The molecule has 1 saturated heterocycles. The van der Waals surface area contributed by atoms with Gasteiger partial charge in [-0.1, -0.05) is 6.92 Å². The standard InChI is InChI=1S/C10H20N2O2/c1-7(9(13)14)8(2)12-10(3)4-5-11-6-10/h7-8,11-12H,4-6H2,1-3H3,(H,13,14). The zero-order valence-electron chi connectivity index (χ0n) is 9.13. The second kappa shape index (κ2) is 4.28. The summed E-state index contributed by atoms with van der Waals surface area (Å²) in [6, 6.07) is 0.0115. The Balaban J connectivity index is 2.46. The van der Waals surface area contributed by atoms with Gasteiger partial charge in [0, 0.05) is 18.1 Å². The van der Waals surface area contributed by atoms with E-state index in [0.717, 1.165) is 19.5 Å². The van der Waals surface area contributed by atoms with Crippen molar-refractivity contribution >= 4 is 5.97 Å². The third-order valence-electron chi connectivity index (χ3n) is 3.08. The summed E-state index contributed by atoms with van der Waals surface area (Å²) in [5.74, 6) is -1.08. The molecule has 0 aromatic rings. The van der Waals surface area contributed by atoms with Crippen LogP contribution in [0.1, 0.15) is 27.2 Å². The summed E-state index contributed by atoms with van der Waals surface area (Å²) in [6.45, 7) is 7.74. The summed E-state index contributed by atoms with van der Waals surface area (Å²) in [5, 5.41) is 15.5. The second-order valence-corrected chi connectivity index (χ2v) is 4.55. The van der Waals surface area contributed by atoms with Gasteiger partial charge in [-0.25, -0.2) is 0 Å². The Morgan fingerprint density at radius 3 is 2.64 bits per heavy atom. The topological polar surface area (TPSA) is 61.4 Å². The first kappa shape index (κ1) is 11.5. The highest BCUT2D eigenvalue weighted by Crippen LogP contribution is 2.16. The molecule has 3 atom stereocenters. The molecule has 0 spiro atoms. The Labute approximate surface area is 85.1 Å². The van der Waals surface area contributed by atoms with Crippen molar-refractivity contribution in [2.24, 2.45) is 5.92 Å². The van der Waals surface area contributed by atoms with E-state index in [4.69, 9.17) is 5.11 Å². The molecule has 0 radical (unpaired) electrons. The Bertz CT molecular complexity index is 212. The van der Waals surface area contributed by atoms with Crippen LogP contribution >= 0.6 is 0 Å². The molecule has 0 aromatic carbocycles. The number of carbonyl (C=O) groups is 1. The van der Waals surface area contributed by atoms with Crippen LogP contribution < -0.4 is 10.6 Å². The van der Waals surface area contributed by atoms with E-state index in [1.165, 1.54) is 0 Å². The molecule has 0 aromatic heterocycles. The summed E-state index contributed by atoms with van der Waals surface area (Å²) in [6.07, 6.45) is 1.06. The lowest BCUT2D eigenvalue weighted by Gasteiger charge is -2.30. The van der Waals surface area contributed by atoms with Gasteiger partial charge in [-0.3, -0.25) is 4.79 Å². The van der Waals surface area contributed by atoms with Gasteiger partial charge < -0.3 is 15.7 Å². The van der Waals surface area contributed by atoms with Crippen molar-refractivity contribution in [2.45, 2.75) is 38.8 Å². The first-order valence-corrected chi connectivity index (χ1v) is 5.16. The van der Waals surface area contributed by atoms with Crippen LogP contribution in [0.2, 0.25) is 0 Å². The van der Waals surface area contributed by atoms with Gasteiger partial charge in [0.05, 0.1) is 5.92 Å². The van der Waals surface area contributed by atoms with Crippen LogP contribution in [0, 0.1) is 5.92 Å². The highest BCUT2D eigenvalue weighted by molar-refractivity contribution is 5.70. The van der Waals surface area contributed by atoms with E-state index >= 15 is 0 Å². The first-order chi connectivity index (χ1) is 6.44. The molecule has 1 fully saturated rings. The van der Waals surface area contributed by atoms with E-state index in [9.17, 15) is 4.79 Å². The minimum atomic E-state index is -0.737. The molecule has 82 valence electrons. The predicted molar refractivity (Wildman–Crippen MR) is 55.3 cm³/mol. The Hall–Kier alpha value is -0.610. The Morgan fingerprint density at radius 1 is 1.57 bits per heavy atom. The number of carboxylic acid groups (broad SMARTS) is 1. The first-order valence-electron chi connectivity index (χ1n) is 5.16. The van der Waals surface area contributed by atoms with E-state index < -0.39 is 5.97 Å². The molecule has 1 aliphatic heterocycles. The average molecular weight is 200 g/mol. The number of carboxylic acids is 1. The zero-order chi connectivity index (χ0) is 10.8. The van der Waals surface area contributed by atoms with Crippen molar-refractivity contribution in [3.8, 4) is 0 Å². The van der Waals surface area contributed by atoms with E-state index in [1.807, 2.05) is 6.92 Å². The molecule has 1 heterocycles. The fraction of sp³-hybridized carbons (Fsp3) is 0.900. The molecule has 0 saturated carbocycles. The van der Waals surface area contributed by atoms with Crippen molar-refractivity contribution in [3.63, 3.8) is 0 Å². The molecule has 0 aliphatic carbocycles. The average Bonchev–Trinajstić information content (AvgIpc) is 2.50. The maximum Gasteiger partial charge on any atom is 0.307 e. The lowest BCUT2D eigenvalue weighted by atomic mass is 9.96. The van der Waals surface area contributed by atoms with Crippen LogP contribution in [-0.2, 0) is 4.79 Å². The third-order valence-corrected chi connectivity index (χ3v) is 3.08. The SMILES string of the molecule is CC(NC1(C)CCNC1)C(C)C(=O)O. The van der Waals surface area contributed by atoms with Gasteiger partial charge in [-0.2, -0.15) is 0 Å². The molecular weight excluding hydrogens is 180 g/mol. The highest BCUT2D eigenvalue weighted by atomic mass is 16.4. The Kier molecular flexibility index (Phi) is 3.50. The van der Waals surface area contributed by atoms with Crippen LogP contribution in [0.4, 0.5) is 0 Å². The van der Waals surface area contributed by atoms with E-state index in [-0.39, 0.29) is 17.5 Å². The van der Waals surface area contributed by atoms with Gasteiger partial charge in [-0.15, -0.1) is 0 Å².